The van der Waals surface area contributed by atoms with E-state index < -0.39 is 0 Å². The van der Waals surface area contributed by atoms with E-state index in [0.717, 1.165) is 51.0 Å². The molecule has 0 unspecified atom stereocenters. The maximum absolute atomic E-state index is 12.8. The highest BCUT2D eigenvalue weighted by Gasteiger charge is 2.25. The summed E-state index contributed by atoms with van der Waals surface area (Å²) in [7, 11) is 2.05. The first-order valence-corrected chi connectivity index (χ1v) is 14.5. The number of likely N-dealkylation sites (N-methyl/N-ethyl adjacent to an activating group) is 1. The molecule has 1 aromatic carbocycles. The summed E-state index contributed by atoms with van der Waals surface area (Å²) >= 11 is 8.18. The second-order valence-electron chi connectivity index (χ2n) is 10.2. The highest BCUT2D eigenvalue weighted by atomic mass is 35.5. The van der Waals surface area contributed by atoms with Gasteiger partial charge in [-0.2, -0.15) is 0 Å². The third-order valence-corrected chi connectivity index (χ3v) is 8.42. The zero-order valence-corrected chi connectivity index (χ0v) is 24.7. The lowest BCUT2D eigenvalue weighted by Gasteiger charge is -2.26. The first-order valence-electron chi connectivity index (χ1n) is 13.3. The summed E-state index contributed by atoms with van der Waals surface area (Å²) in [4.78, 5) is 32.5. The Morgan fingerprint density at radius 1 is 1.27 bits per heavy atom. The van der Waals surface area contributed by atoms with Crippen molar-refractivity contribution in [2.45, 2.75) is 46.4 Å². The van der Waals surface area contributed by atoms with Crippen LogP contribution in [0.4, 0.5) is 11.5 Å². The average molecular weight is 577 g/mol. The van der Waals surface area contributed by atoms with Gasteiger partial charge < -0.3 is 19.9 Å². The number of halogens is 1. The van der Waals surface area contributed by atoms with Crippen molar-refractivity contribution in [1.82, 2.24) is 24.8 Å². The van der Waals surface area contributed by atoms with Gasteiger partial charge in [-0.1, -0.05) is 23.7 Å². The third kappa shape index (κ3) is 6.43. The SMILES string of the molecule is Cc1cccc(COc2ccc(Nc3ncnc4sc5c(c34)CCN(C(=O)C=CCN(C)C(C)C)C5)cc2Cl)n1. The molecule has 0 radical (unpaired) electrons. The first-order chi connectivity index (χ1) is 19.3. The van der Waals surface area contributed by atoms with Crippen molar-refractivity contribution < 1.29 is 9.53 Å². The predicted octanol–water partition coefficient (Wildman–Crippen LogP) is 6.15. The zero-order chi connectivity index (χ0) is 28.2. The maximum Gasteiger partial charge on any atom is 0.246 e. The summed E-state index contributed by atoms with van der Waals surface area (Å²) in [5.41, 5.74) is 3.79. The Labute approximate surface area is 243 Å². The number of pyridine rings is 1. The van der Waals surface area contributed by atoms with Gasteiger partial charge in [0.15, 0.2) is 0 Å². The van der Waals surface area contributed by atoms with Crippen LogP contribution in [0.2, 0.25) is 5.02 Å². The largest absolute Gasteiger partial charge is 0.486 e. The highest BCUT2D eigenvalue weighted by Crippen LogP contribution is 2.38. The standard InChI is InChI=1S/C30H33ClN6O2S/c1-19(2)36(4)13-6-9-27(38)37-14-12-23-26(16-37)40-30-28(23)29(32-18-33-30)35-21-10-11-25(24(31)15-21)39-17-22-8-5-7-20(3)34-22/h5-11,15,18-19H,12-14,16-17H2,1-4H3,(H,32,33,35). The number of fused-ring (bicyclic) bond motifs is 3. The normalized spacial score (nSPS) is 13.4. The van der Waals surface area contributed by atoms with Crippen molar-refractivity contribution >= 4 is 50.6 Å². The fourth-order valence-electron chi connectivity index (χ4n) is 4.51. The topological polar surface area (TPSA) is 83.5 Å². The Morgan fingerprint density at radius 3 is 2.90 bits per heavy atom. The van der Waals surface area contributed by atoms with E-state index in [2.05, 4.69) is 46.1 Å². The minimum atomic E-state index is 0.0415. The molecule has 1 amide bonds. The maximum atomic E-state index is 12.8. The molecule has 0 saturated carbocycles. The van der Waals surface area contributed by atoms with Gasteiger partial charge >= 0.3 is 0 Å². The minimum absolute atomic E-state index is 0.0415. The summed E-state index contributed by atoms with van der Waals surface area (Å²) in [6, 6.07) is 11.9. The van der Waals surface area contributed by atoms with Crippen LogP contribution in [0, 0.1) is 6.92 Å². The van der Waals surface area contributed by atoms with Crippen LogP contribution in [0.25, 0.3) is 10.2 Å². The van der Waals surface area contributed by atoms with Crippen LogP contribution < -0.4 is 10.1 Å². The molecule has 4 heterocycles. The molecule has 1 aliphatic rings. The number of carbonyl (C=O) groups excluding carboxylic acids is 1. The number of aromatic nitrogens is 3. The van der Waals surface area contributed by atoms with Gasteiger partial charge in [0, 0.05) is 41.5 Å². The summed E-state index contributed by atoms with van der Waals surface area (Å²) < 4.78 is 5.91. The van der Waals surface area contributed by atoms with Crippen LogP contribution in [0.15, 0.2) is 54.9 Å². The van der Waals surface area contributed by atoms with Crippen molar-refractivity contribution in [2.75, 3.05) is 25.5 Å². The number of thiophene rings is 1. The Hall–Kier alpha value is -3.53. The quantitative estimate of drug-likeness (QED) is 0.239. The number of benzene rings is 1. The average Bonchev–Trinajstić information content (AvgIpc) is 3.31. The van der Waals surface area contributed by atoms with E-state index in [-0.39, 0.29) is 5.91 Å². The second-order valence-corrected chi connectivity index (χ2v) is 11.7. The van der Waals surface area contributed by atoms with Gasteiger partial charge in [0.1, 0.15) is 29.3 Å². The molecule has 0 spiro atoms. The summed E-state index contributed by atoms with van der Waals surface area (Å²) in [6.45, 7) is 8.55. The molecule has 5 rings (SSSR count). The molecule has 4 aromatic rings. The monoisotopic (exact) mass is 576 g/mol. The number of nitrogens with zero attached hydrogens (tertiary/aromatic N) is 5. The lowest BCUT2D eigenvalue weighted by molar-refractivity contribution is -0.126. The third-order valence-electron chi connectivity index (χ3n) is 7.00. The van der Waals surface area contributed by atoms with Crippen LogP contribution in [0.5, 0.6) is 5.75 Å². The van der Waals surface area contributed by atoms with Gasteiger partial charge in [-0.25, -0.2) is 9.97 Å². The Bertz CT molecular complexity index is 1550. The van der Waals surface area contributed by atoms with Crippen LogP contribution in [0.1, 0.15) is 35.7 Å². The van der Waals surface area contributed by atoms with E-state index in [9.17, 15) is 4.79 Å². The molecule has 0 aliphatic carbocycles. The number of rotatable bonds is 9. The van der Waals surface area contributed by atoms with E-state index in [1.54, 1.807) is 23.7 Å². The van der Waals surface area contributed by atoms with Crippen molar-refractivity contribution in [3.05, 3.63) is 81.7 Å². The number of hydrogen-bond donors (Lipinski definition) is 1. The number of hydrogen-bond acceptors (Lipinski definition) is 8. The van der Waals surface area contributed by atoms with E-state index >= 15 is 0 Å². The molecule has 0 bridgehead atoms. The van der Waals surface area contributed by atoms with E-state index in [1.807, 2.05) is 54.3 Å². The summed E-state index contributed by atoms with van der Waals surface area (Å²) in [6.07, 6.45) is 5.95. The number of anilines is 2. The van der Waals surface area contributed by atoms with E-state index in [0.29, 0.717) is 36.5 Å². The molecule has 0 fully saturated rings. The zero-order valence-electron chi connectivity index (χ0n) is 23.1. The van der Waals surface area contributed by atoms with Crippen molar-refractivity contribution in [3.8, 4) is 5.75 Å². The number of amides is 1. The van der Waals surface area contributed by atoms with Gasteiger partial charge in [0.2, 0.25) is 5.91 Å². The lowest BCUT2D eigenvalue weighted by atomic mass is 10.0. The molecule has 1 aliphatic heterocycles. The smallest absolute Gasteiger partial charge is 0.246 e. The number of ether oxygens (including phenoxy) is 1. The molecule has 40 heavy (non-hydrogen) atoms. The number of nitrogens with one attached hydrogen (secondary N) is 1. The molecule has 0 atom stereocenters. The van der Waals surface area contributed by atoms with Crippen LogP contribution in [-0.4, -0.2) is 56.8 Å². The molecule has 10 heteroatoms. The Kier molecular flexibility index (Phi) is 8.63. The van der Waals surface area contributed by atoms with Gasteiger partial charge in [-0.15, -0.1) is 11.3 Å². The van der Waals surface area contributed by atoms with Crippen LogP contribution in [-0.2, 0) is 24.4 Å². The van der Waals surface area contributed by atoms with Crippen LogP contribution in [0.3, 0.4) is 0 Å². The van der Waals surface area contributed by atoms with Gasteiger partial charge in [-0.3, -0.25) is 9.78 Å². The van der Waals surface area contributed by atoms with Crippen molar-refractivity contribution in [2.24, 2.45) is 0 Å². The van der Waals surface area contributed by atoms with Gasteiger partial charge in [-0.05, 0) is 70.1 Å². The summed E-state index contributed by atoms with van der Waals surface area (Å²) in [5.74, 6) is 1.36. The molecule has 0 saturated heterocycles. The number of carbonyl (C=O) groups is 1. The first kappa shape index (κ1) is 28.0. The van der Waals surface area contributed by atoms with Gasteiger partial charge in [0.25, 0.3) is 0 Å². The molecular formula is C30H33ClN6O2S. The summed E-state index contributed by atoms with van der Waals surface area (Å²) in [5, 5.41) is 4.92. The minimum Gasteiger partial charge on any atom is -0.486 e. The fraction of sp³-hybridized carbons (Fsp3) is 0.333. The van der Waals surface area contributed by atoms with E-state index in [1.165, 1.54) is 5.56 Å². The fourth-order valence-corrected chi connectivity index (χ4v) is 5.95. The van der Waals surface area contributed by atoms with Gasteiger partial charge in [0.05, 0.1) is 22.6 Å². The Balaban J connectivity index is 1.28. The highest BCUT2D eigenvalue weighted by molar-refractivity contribution is 7.19. The number of aryl methyl sites for hydroxylation is 1. The molecule has 3 aromatic heterocycles. The molecule has 1 N–H and O–H groups in total. The second kappa shape index (κ2) is 12.3. The lowest BCUT2D eigenvalue weighted by Crippen LogP contribution is -2.34. The van der Waals surface area contributed by atoms with E-state index in [4.69, 9.17) is 16.3 Å². The molecule has 208 valence electrons. The molecular weight excluding hydrogens is 544 g/mol. The molecule has 8 nitrogen and oxygen atoms in total. The predicted molar refractivity (Wildman–Crippen MR) is 161 cm³/mol. The van der Waals surface area contributed by atoms with Crippen molar-refractivity contribution in [1.29, 1.82) is 0 Å². The van der Waals surface area contributed by atoms with Crippen molar-refractivity contribution in [3.63, 3.8) is 0 Å². The Morgan fingerprint density at radius 2 is 2.12 bits per heavy atom. The van der Waals surface area contributed by atoms with Crippen LogP contribution >= 0.6 is 22.9 Å².